The van der Waals surface area contributed by atoms with Crippen molar-refractivity contribution in [3.63, 3.8) is 0 Å². The number of amides is 2. The van der Waals surface area contributed by atoms with Gasteiger partial charge in [-0.2, -0.15) is 0 Å². The summed E-state index contributed by atoms with van der Waals surface area (Å²) in [5, 5.41) is 6.11. The minimum Gasteiger partial charge on any atom is -0.381 e. The summed E-state index contributed by atoms with van der Waals surface area (Å²) in [6.45, 7) is 1.87. The van der Waals surface area contributed by atoms with Crippen molar-refractivity contribution in [2.45, 2.75) is 51.5 Å². The number of hydrogen-bond acceptors (Lipinski definition) is 3. The fraction of sp³-hybridized carbons (Fsp3) is 0.474. The summed E-state index contributed by atoms with van der Waals surface area (Å²) in [6.07, 6.45) is 6.53. The van der Waals surface area contributed by atoms with Crippen LogP contribution < -0.4 is 10.6 Å². The van der Waals surface area contributed by atoms with Crippen molar-refractivity contribution < 1.29 is 9.59 Å². The Bertz CT molecular complexity index is 616. The molecule has 2 N–H and O–H groups in total. The summed E-state index contributed by atoms with van der Waals surface area (Å²) < 4.78 is 0. The molecule has 4 heteroatoms. The zero-order valence-electron chi connectivity index (χ0n) is 13.6. The first-order chi connectivity index (χ1) is 11.1. The van der Waals surface area contributed by atoms with Gasteiger partial charge >= 0.3 is 0 Å². The molecule has 1 aromatic carbocycles. The lowest BCUT2D eigenvalue weighted by atomic mass is 9.90. The van der Waals surface area contributed by atoms with E-state index in [-0.39, 0.29) is 17.7 Å². The third kappa shape index (κ3) is 3.63. The van der Waals surface area contributed by atoms with Gasteiger partial charge in [0, 0.05) is 17.5 Å². The van der Waals surface area contributed by atoms with E-state index in [2.05, 4.69) is 10.6 Å². The maximum Gasteiger partial charge on any atom is 0.255 e. The number of carbonyl (C=O) groups is 2. The predicted molar refractivity (Wildman–Crippen MR) is 90.3 cm³/mol. The first-order valence-electron chi connectivity index (χ1n) is 8.55. The number of nitrogens with one attached hydrogen (secondary N) is 2. The van der Waals surface area contributed by atoms with Gasteiger partial charge in [-0.25, -0.2) is 0 Å². The molecule has 1 atom stereocenters. The van der Waals surface area contributed by atoms with Crippen LogP contribution in [0.4, 0.5) is 0 Å². The van der Waals surface area contributed by atoms with E-state index >= 15 is 0 Å². The largest absolute Gasteiger partial charge is 0.381 e. The fourth-order valence-electron chi connectivity index (χ4n) is 3.42. The van der Waals surface area contributed by atoms with Gasteiger partial charge in [-0.1, -0.05) is 56.5 Å². The van der Waals surface area contributed by atoms with Gasteiger partial charge in [0.25, 0.3) is 5.91 Å². The molecule has 1 saturated heterocycles. The maximum atomic E-state index is 12.4. The average molecular weight is 312 g/mol. The summed E-state index contributed by atoms with van der Waals surface area (Å²) in [6, 6.07) is 10.4. The SMILES string of the molecule is CC1C/C(=C(\NC2CCCCC2)c2ccccc2)C(=O)NC1=O. The van der Waals surface area contributed by atoms with Gasteiger partial charge < -0.3 is 5.32 Å². The molecule has 1 unspecified atom stereocenters. The van der Waals surface area contributed by atoms with Crippen LogP contribution in [0.5, 0.6) is 0 Å². The molecule has 0 aromatic heterocycles. The molecule has 1 saturated carbocycles. The van der Waals surface area contributed by atoms with Gasteiger partial charge in [-0.15, -0.1) is 0 Å². The molecule has 1 aromatic rings. The summed E-state index contributed by atoms with van der Waals surface area (Å²) >= 11 is 0. The predicted octanol–water partition coefficient (Wildman–Crippen LogP) is 3.00. The Hall–Kier alpha value is -2.10. The molecule has 0 spiro atoms. The molecular weight excluding hydrogens is 288 g/mol. The molecule has 122 valence electrons. The molecule has 0 radical (unpaired) electrons. The quantitative estimate of drug-likeness (QED) is 0.666. The van der Waals surface area contributed by atoms with Crippen molar-refractivity contribution in [1.82, 2.24) is 10.6 Å². The topological polar surface area (TPSA) is 58.2 Å². The number of rotatable bonds is 3. The Morgan fingerprint density at radius 1 is 1.09 bits per heavy atom. The van der Waals surface area contributed by atoms with Crippen molar-refractivity contribution in [2.75, 3.05) is 0 Å². The van der Waals surface area contributed by atoms with E-state index in [0.717, 1.165) is 24.1 Å². The van der Waals surface area contributed by atoms with Crippen LogP contribution in [-0.2, 0) is 9.59 Å². The summed E-state index contributed by atoms with van der Waals surface area (Å²) in [5.41, 5.74) is 2.62. The van der Waals surface area contributed by atoms with Crippen LogP contribution in [0.2, 0.25) is 0 Å². The van der Waals surface area contributed by atoms with Gasteiger partial charge in [-0.3, -0.25) is 14.9 Å². The second-order valence-electron chi connectivity index (χ2n) is 6.62. The number of carbonyl (C=O) groups excluding carboxylic acids is 2. The second kappa shape index (κ2) is 6.99. The van der Waals surface area contributed by atoms with Crippen LogP contribution >= 0.6 is 0 Å². The highest BCUT2D eigenvalue weighted by Crippen LogP contribution is 2.28. The Labute approximate surface area is 137 Å². The highest BCUT2D eigenvalue weighted by Gasteiger charge is 2.30. The first kappa shape index (κ1) is 15.8. The van der Waals surface area contributed by atoms with Gasteiger partial charge in [0.2, 0.25) is 5.91 Å². The van der Waals surface area contributed by atoms with Crippen LogP contribution in [0, 0.1) is 5.92 Å². The van der Waals surface area contributed by atoms with Crippen molar-refractivity contribution in [3.8, 4) is 0 Å². The zero-order chi connectivity index (χ0) is 16.2. The average Bonchev–Trinajstić information content (AvgIpc) is 2.58. The third-order valence-electron chi connectivity index (χ3n) is 4.79. The number of piperidine rings is 1. The van der Waals surface area contributed by atoms with E-state index in [1.54, 1.807) is 0 Å². The normalized spacial score (nSPS) is 25.0. The number of hydrogen-bond donors (Lipinski definition) is 2. The molecule has 4 nitrogen and oxygen atoms in total. The molecule has 1 heterocycles. The van der Waals surface area contributed by atoms with Crippen molar-refractivity contribution in [3.05, 3.63) is 41.5 Å². The van der Waals surface area contributed by atoms with Crippen LogP contribution in [0.15, 0.2) is 35.9 Å². The molecule has 23 heavy (non-hydrogen) atoms. The summed E-state index contributed by atoms with van der Waals surface area (Å²) in [4.78, 5) is 24.1. The molecule has 3 rings (SSSR count). The van der Waals surface area contributed by atoms with E-state index in [1.165, 1.54) is 19.3 Å². The second-order valence-corrected chi connectivity index (χ2v) is 6.62. The van der Waals surface area contributed by atoms with Crippen molar-refractivity contribution in [2.24, 2.45) is 5.92 Å². The third-order valence-corrected chi connectivity index (χ3v) is 4.79. The minimum absolute atomic E-state index is 0.172. The van der Waals surface area contributed by atoms with Gasteiger partial charge in [0.15, 0.2) is 0 Å². The molecule has 1 aliphatic heterocycles. The van der Waals surface area contributed by atoms with Crippen LogP contribution in [-0.4, -0.2) is 17.9 Å². The molecule has 0 bridgehead atoms. The minimum atomic E-state index is -0.254. The number of benzene rings is 1. The summed E-state index contributed by atoms with van der Waals surface area (Å²) in [5.74, 6) is -0.603. The fourth-order valence-corrected chi connectivity index (χ4v) is 3.42. The Balaban J connectivity index is 1.95. The molecule has 2 amide bonds. The van der Waals surface area contributed by atoms with Gasteiger partial charge in [-0.05, 0) is 24.8 Å². The van der Waals surface area contributed by atoms with Gasteiger partial charge in [0.05, 0.1) is 5.70 Å². The molecule has 2 fully saturated rings. The maximum absolute atomic E-state index is 12.4. The standard InChI is InChI=1S/C19H24N2O2/c1-13-12-16(19(23)21-18(13)22)17(14-8-4-2-5-9-14)20-15-10-6-3-7-11-15/h2,4-5,8-9,13,15,20H,3,6-7,10-12H2,1H3,(H,21,22,23)/b17-16+. The van der Waals surface area contributed by atoms with Crippen molar-refractivity contribution >= 4 is 17.5 Å². The van der Waals surface area contributed by atoms with E-state index in [9.17, 15) is 9.59 Å². The molecule has 2 aliphatic rings. The van der Waals surface area contributed by atoms with Crippen molar-refractivity contribution in [1.29, 1.82) is 0 Å². The summed E-state index contributed by atoms with van der Waals surface area (Å²) in [7, 11) is 0. The van der Waals surface area contributed by atoms with Crippen LogP contribution in [0.25, 0.3) is 5.70 Å². The van der Waals surface area contributed by atoms with Crippen LogP contribution in [0.3, 0.4) is 0 Å². The van der Waals surface area contributed by atoms with E-state index in [1.807, 2.05) is 37.3 Å². The van der Waals surface area contributed by atoms with E-state index in [4.69, 9.17) is 0 Å². The highest BCUT2D eigenvalue weighted by atomic mass is 16.2. The lowest BCUT2D eigenvalue weighted by Gasteiger charge is -2.29. The Morgan fingerprint density at radius 3 is 2.48 bits per heavy atom. The molecule has 1 aliphatic carbocycles. The van der Waals surface area contributed by atoms with E-state index in [0.29, 0.717) is 18.0 Å². The van der Waals surface area contributed by atoms with Gasteiger partial charge in [0.1, 0.15) is 0 Å². The molecular formula is C19H24N2O2. The zero-order valence-corrected chi connectivity index (χ0v) is 13.6. The Morgan fingerprint density at radius 2 is 1.78 bits per heavy atom. The lowest BCUT2D eigenvalue weighted by Crippen LogP contribution is -2.43. The lowest BCUT2D eigenvalue weighted by molar-refractivity contribution is -0.133. The first-order valence-corrected chi connectivity index (χ1v) is 8.55. The Kier molecular flexibility index (Phi) is 4.79. The smallest absolute Gasteiger partial charge is 0.255 e. The van der Waals surface area contributed by atoms with Crippen LogP contribution in [0.1, 0.15) is 51.0 Å². The monoisotopic (exact) mass is 312 g/mol. The van der Waals surface area contributed by atoms with E-state index < -0.39 is 0 Å². The number of imide groups is 1. The highest BCUT2D eigenvalue weighted by molar-refractivity contribution is 6.11.